The van der Waals surface area contributed by atoms with Crippen molar-refractivity contribution in [2.24, 2.45) is 7.05 Å². The predicted molar refractivity (Wildman–Crippen MR) is 71.4 cm³/mol. The van der Waals surface area contributed by atoms with E-state index in [2.05, 4.69) is 37.7 Å². The molecule has 4 nitrogen and oxygen atoms in total. The van der Waals surface area contributed by atoms with Crippen LogP contribution in [0.25, 0.3) is 11.4 Å². The predicted octanol–water partition coefficient (Wildman–Crippen LogP) is 2.75. The molecule has 0 amide bonds. The number of aryl methyl sites for hydroxylation is 2. The summed E-state index contributed by atoms with van der Waals surface area (Å²) < 4.78 is 2.67. The molecule has 2 aromatic heterocycles. The fourth-order valence-corrected chi connectivity index (χ4v) is 1.95. The number of nitrogens with zero attached hydrogens (tertiary/aromatic N) is 4. The molecule has 0 unspecified atom stereocenters. The zero-order valence-corrected chi connectivity index (χ0v) is 12.0. The largest absolute Gasteiger partial charge is 0.272 e. The van der Waals surface area contributed by atoms with Crippen molar-refractivity contribution >= 4 is 34.2 Å². The summed E-state index contributed by atoms with van der Waals surface area (Å²) in [5.74, 6) is 0.633. The molecule has 16 heavy (non-hydrogen) atoms. The molecule has 2 heterocycles. The Morgan fingerprint density at radius 2 is 2.06 bits per heavy atom. The second kappa shape index (κ2) is 4.29. The van der Waals surface area contributed by atoms with E-state index in [1.165, 1.54) is 0 Å². The van der Waals surface area contributed by atoms with E-state index >= 15 is 0 Å². The molecule has 2 rings (SSSR count). The summed E-state index contributed by atoms with van der Waals surface area (Å²) in [4.78, 5) is 8.56. The maximum atomic E-state index is 5.99. The van der Waals surface area contributed by atoms with Crippen molar-refractivity contribution in [3.05, 3.63) is 26.3 Å². The van der Waals surface area contributed by atoms with Crippen molar-refractivity contribution in [1.82, 2.24) is 19.7 Å². The SMILES string of the molecule is Cc1nn(C)c(C)c1-c1ncc(I)c(Cl)n1. The molecule has 6 heteroatoms. The number of hydrogen-bond acceptors (Lipinski definition) is 3. The van der Waals surface area contributed by atoms with Crippen LogP contribution in [-0.4, -0.2) is 19.7 Å². The van der Waals surface area contributed by atoms with Gasteiger partial charge in [-0.2, -0.15) is 5.10 Å². The molecule has 0 atom stereocenters. The van der Waals surface area contributed by atoms with Gasteiger partial charge in [0.15, 0.2) is 5.82 Å². The minimum Gasteiger partial charge on any atom is -0.272 e. The third-order valence-corrected chi connectivity index (χ3v) is 3.83. The van der Waals surface area contributed by atoms with Gasteiger partial charge in [0.1, 0.15) is 5.15 Å². The molecule has 0 bridgehead atoms. The zero-order valence-electron chi connectivity index (χ0n) is 9.12. The lowest BCUT2D eigenvalue weighted by Crippen LogP contribution is -1.95. The van der Waals surface area contributed by atoms with Crippen LogP contribution in [0.4, 0.5) is 0 Å². The van der Waals surface area contributed by atoms with Crippen LogP contribution in [0, 0.1) is 17.4 Å². The van der Waals surface area contributed by atoms with Gasteiger partial charge >= 0.3 is 0 Å². The molecule has 84 valence electrons. The van der Waals surface area contributed by atoms with Crippen LogP contribution >= 0.6 is 34.2 Å². The number of hydrogen-bond donors (Lipinski definition) is 0. The molecule has 0 aliphatic heterocycles. The first kappa shape index (κ1) is 11.8. The maximum Gasteiger partial charge on any atom is 0.164 e. The first-order chi connectivity index (χ1) is 7.50. The van der Waals surface area contributed by atoms with Crippen LogP contribution < -0.4 is 0 Å². The van der Waals surface area contributed by atoms with E-state index < -0.39 is 0 Å². The van der Waals surface area contributed by atoms with E-state index in [0.717, 1.165) is 20.5 Å². The average Bonchev–Trinajstić information content (AvgIpc) is 2.47. The summed E-state index contributed by atoms with van der Waals surface area (Å²) >= 11 is 8.09. The third kappa shape index (κ3) is 1.93. The Hall–Kier alpha value is -0.690. The Bertz CT molecular complexity index is 550. The third-order valence-electron chi connectivity index (χ3n) is 2.43. The first-order valence-electron chi connectivity index (χ1n) is 4.69. The molecular formula is C10H10ClIN4. The second-order valence-electron chi connectivity index (χ2n) is 3.50. The molecule has 0 fully saturated rings. The topological polar surface area (TPSA) is 43.6 Å². The normalized spacial score (nSPS) is 10.8. The van der Waals surface area contributed by atoms with Gasteiger partial charge in [0, 0.05) is 18.9 Å². The van der Waals surface area contributed by atoms with Crippen molar-refractivity contribution in [3.63, 3.8) is 0 Å². The first-order valence-corrected chi connectivity index (χ1v) is 6.15. The molecule has 0 radical (unpaired) electrons. The smallest absolute Gasteiger partial charge is 0.164 e. The van der Waals surface area contributed by atoms with Crippen molar-refractivity contribution < 1.29 is 0 Å². The standard InChI is InChI=1S/C10H10ClIN4/c1-5-8(6(2)16(3)15-5)10-13-4-7(12)9(11)14-10/h4H,1-3H3. The van der Waals surface area contributed by atoms with Crippen LogP contribution in [-0.2, 0) is 7.05 Å². The molecule has 0 N–H and O–H groups in total. The van der Waals surface area contributed by atoms with E-state index in [9.17, 15) is 0 Å². The fraction of sp³-hybridized carbons (Fsp3) is 0.300. The van der Waals surface area contributed by atoms with Gasteiger partial charge in [-0.1, -0.05) is 11.6 Å². The fourth-order valence-electron chi connectivity index (χ4n) is 1.56. The van der Waals surface area contributed by atoms with Gasteiger partial charge in [0.2, 0.25) is 0 Å². The zero-order chi connectivity index (χ0) is 11.9. The molecule has 2 aromatic rings. The highest BCUT2D eigenvalue weighted by molar-refractivity contribution is 14.1. The van der Waals surface area contributed by atoms with Gasteiger partial charge in [0.25, 0.3) is 0 Å². The lowest BCUT2D eigenvalue weighted by atomic mass is 10.2. The van der Waals surface area contributed by atoms with Crippen molar-refractivity contribution in [1.29, 1.82) is 0 Å². The number of rotatable bonds is 1. The van der Waals surface area contributed by atoms with Crippen molar-refractivity contribution in [3.8, 4) is 11.4 Å². The number of halogens is 2. The highest BCUT2D eigenvalue weighted by atomic mass is 127. The molecule has 0 saturated carbocycles. The van der Waals surface area contributed by atoms with Gasteiger partial charge in [0.05, 0.1) is 14.8 Å². The highest BCUT2D eigenvalue weighted by Gasteiger charge is 2.15. The average molecular weight is 349 g/mol. The lowest BCUT2D eigenvalue weighted by Gasteiger charge is -2.02. The van der Waals surface area contributed by atoms with Crippen LogP contribution in [0.5, 0.6) is 0 Å². The molecule has 0 aliphatic rings. The Labute approximate surface area is 112 Å². The van der Waals surface area contributed by atoms with E-state index in [4.69, 9.17) is 11.6 Å². The second-order valence-corrected chi connectivity index (χ2v) is 5.02. The Morgan fingerprint density at radius 1 is 1.38 bits per heavy atom. The van der Waals surface area contributed by atoms with Crippen LogP contribution in [0.3, 0.4) is 0 Å². The Morgan fingerprint density at radius 3 is 2.56 bits per heavy atom. The summed E-state index contributed by atoms with van der Waals surface area (Å²) in [5, 5.41) is 4.81. The van der Waals surface area contributed by atoms with E-state index in [0.29, 0.717) is 11.0 Å². The van der Waals surface area contributed by atoms with E-state index in [-0.39, 0.29) is 0 Å². The maximum absolute atomic E-state index is 5.99. The van der Waals surface area contributed by atoms with E-state index in [1.807, 2.05) is 25.6 Å². The van der Waals surface area contributed by atoms with Crippen LogP contribution in [0.15, 0.2) is 6.20 Å². The summed E-state index contributed by atoms with van der Waals surface area (Å²) in [5.41, 5.74) is 2.91. The molecule has 0 saturated heterocycles. The van der Waals surface area contributed by atoms with Crippen LogP contribution in [0.1, 0.15) is 11.4 Å². The lowest BCUT2D eigenvalue weighted by molar-refractivity contribution is 0.731. The summed E-state index contributed by atoms with van der Waals surface area (Å²) in [6, 6.07) is 0. The Balaban J connectivity index is 2.63. The van der Waals surface area contributed by atoms with Gasteiger partial charge in [-0.3, -0.25) is 4.68 Å². The van der Waals surface area contributed by atoms with Gasteiger partial charge in [-0.05, 0) is 36.4 Å². The van der Waals surface area contributed by atoms with Gasteiger partial charge < -0.3 is 0 Å². The minimum atomic E-state index is 0.480. The van der Waals surface area contributed by atoms with Crippen molar-refractivity contribution in [2.45, 2.75) is 13.8 Å². The number of aromatic nitrogens is 4. The molecule has 0 spiro atoms. The summed E-state index contributed by atoms with van der Waals surface area (Å²) in [6.45, 7) is 3.93. The van der Waals surface area contributed by atoms with Crippen LogP contribution in [0.2, 0.25) is 5.15 Å². The summed E-state index contributed by atoms with van der Waals surface area (Å²) in [7, 11) is 1.90. The highest BCUT2D eigenvalue weighted by Crippen LogP contribution is 2.25. The monoisotopic (exact) mass is 348 g/mol. The van der Waals surface area contributed by atoms with E-state index in [1.54, 1.807) is 6.20 Å². The van der Waals surface area contributed by atoms with Gasteiger partial charge in [-0.15, -0.1) is 0 Å². The quantitative estimate of drug-likeness (QED) is 0.588. The Kier molecular flexibility index (Phi) is 3.16. The molecule has 0 aliphatic carbocycles. The summed E-state index contributed by atoms with van der Waals surface area (Å²) in [6.07, 6.45) is 1.72. The molecule has 0 aromatic carbocycles. The van der Waals surface area contributed by atoms with Crippen molar-refractivity contribution in [2.75, 3.05) is 0 Å². The minimum absolute atomic E-state index is 0.480. The van der Waals surface area contributed by atoms with Gasteiger partial charge in [-0.25, -0.2) is 9.97 Å². The molecular weight excluding hydrogens is 338 g/mol.